The number of aryl methyl sites for hydroxylation is 3. The zero-order valence-corrected chi connectivity index (χ0v) is 9.18. The van der Waals surface area contributed by atoms with E-state index in [0.29, 0.717) is 5.92 Å². The monoisotopic (exact) mass is 178 g/mol. The minimum atomic E-state index is 0.648. The van der Waals surface area contributed by atoms with Gasteiger partial charge in [-0.1, -0.05) is 13.8 Å². The molecule has 2 nitrogen and oxygen atoms in total. The van der Waals surface area contributed by atoms with E-state index in [1.165, 1.54) is 0 Å². The highest BCUT2D eigenvalue weighted by atomic mass is 14.8. The van der Waals surface area contributed by atoms with Crippen LogP contribution in [0.25, 0.3) is 0 Å². The lowest BCUT2D eigenvalue weighted by atomic mass is 10.1. The molecule has 0 saturated heterocycles. The second-order valence-electron chi connectivity index (χ2n) is 4.02. The average molecular weight is 178 g/mol. The molecule has 13 heavy (non-hydrogen) atoms. The summed E-state index contributed by atoms with van der Waals surface area (Å²) in [5.41, 5.74) is 4.33. The zero-order valence-electron chi connectivity index (χ0n) is 9.18. The van der Waals surface area contributed by atoms with Gasteiger partial charge in [0.2, 0.25) is 0 Å². The molecule has 1 rings (SSSR count). The summed E-state index contributed by atoms with van der Waals surface area (Å²) < 4.78 is 0. The second-order valence-corrected chi connectivity index (χ2v) is 4.02. The van der Waals surface area contributed by atoms with Crippen LogP contribution < -0.4 is 0 Å². The summed E-state index contributed by atoms with van der Waals surface area (Å²) in [5.74, 6) is 0.648. The van der Waals surface area contributed by atoms with Gasteiger partial charge in [-0.2, -0.15) is 0 Å². The van der Waals surface area contributed by atoms with Crippen LogP contribution in [0, 0.1) is 26.7 Å². The summed E-state index contributed by atoms with van der Waals surface area (Å²) in [6.45, 7) is 10.5. The van der Waals surface area contributed by atoms with Crippen molar-refractivity contribution < 1.29 is 0 Å². The van der Waals surface area contributed by atoms with Gasteiger partial charge in [-0.3, -0.25) is 9.97 Å². The van der Waals surface area contributed by atoms with Gasteiger partial charge < -0.3 is 0 Å². The van der Waals surface area contributed by atoms with Crippen molar-refractivity contribution in [2.75, 3.05) is 0 Å². The molecule has 1 heterocycles. The van der Waals surface area contributed by atoms with Crippen molar-refractivity contribution in [2.45, 2.75) is 41.0 Å². The van der Waals surface area contributed by atoms with Crippen LogP contribution in [-0.2, 0) is 6.42 Å². The van der Waals surface area contributed by atoms with E-state index in [9.17, 15) is 0 Å². The molecule has 0 aliphatic rings. The lowest BCUT2D eigenvalue weighted by Crippen LogP contribution is -2.05. The van der Waals surface area contributed by atoms with Crippen molar-refractivity contribution >= 4 is 0 Å². The van der Waals surface area contributed by atoms with Gasteiger partial charge >= 0.3 is 0 Å². The minimum Gasteiger partial charge on any atom is -0.255 e. The van der Waals surface area contributed by atoms with E-state index in [-0.39, 0.29) is 0 Å². The quantitative estimate of drug-likeness (QED) is 0.695. The predicted octanol–water partition coefficient (Wildman–Crippen LogP) is 2.60. The first kappa shape index (κ1) is 10.2. The maximum atomic E-state index is 4.55. The van der Waals surface area contributed by atoms with Crippen LogP contribution in [-0.4, -0.2) is 9.97 Å². The third kappa shape index (κ3) is 2.51. The smallest absolute Gasteiger partial charge is 0.0621 e. The number of rotatable bonds is 2. The molecule has 0 saturated carbocycles. The fourth-order valence-electron chi connectivity index (χ4n) is 1.34. The van der Waals surface area contributed by atoms with Crippen LogP contribution >= 0.6 is 0 Å². The summed E-state index contributed by atoms with van der Waals surface area (Å²) >= 11 is 0. The van der Waals surface area contributed by atoms with Crippen molar-refractivity contribution in [3.63, 3.8) is 0 Å². The van der Waals surface area contributed by atoms with Crippen molar-refractivity contribution in [3.8, 4) is 0 Å². The van der Waals surface area contributed by atoms with Gasteiger partial charge in [0.1, 0.15) is 0 Å². The number of hydrogen-bond acceptors (Lipinski definition) is 2. The van der Waals surface area contributed by atoms with Crippen LogP contribution in [0.2, 0.25) is 0 Å². The Morgan fingerprint density at radius 3 is 2.00 bits per heavy atom. The number of hydrogen-bond donors (Lipinski definition) is 0. The highest BCUT2D eigenvalue weighted by Gasteiger charge is 2.06. The van der Waals surface area contributed by atoms with E-state index in [1.807, 2.05) is 20.8 Å². The summed E-state index contributed by atoms with van der Waals surface area (Å²) in [6, 6.07) is 0. The van der Waals surface area contributed by atoms with E-state index in [4.69, 9.17) is 0 Å². The van der Waals surface area contributed by atoms with Gasteiger partial charge in [0, 0.05) is 0 Å². The van der Waals surface area contributed by atoms with Crippen molar-refractivity contribution in [1.29, 1.82) is 0 Å². The molecule has 0 N–H and O–H groups in total. The fourth-order valence-corrected chi connectivity index (χ4v) is 1.34. The topological polar surface area (TPSA) is 25.8 Å². The molecule has 72 valence electrons. The summed E-state index contributed by atoms with van der Waals surface area (Å²) in [6.07, 6.45) is 1.03. The van der Waals surface area contributed by atoms with Gasteiger partial charge in [-0.15, -0.1) is 0 Å². The van der Waals surface area contributed by atoms with Crippen LogP contribution in [0.3, 0.4) is 0 Å². The number of nitrogens with zero attached hydrogens (tertiary/aromatic N) is 2. The Hall–Kier alpha value is -0.920. The molecule has 0 amide bonds. The van der Waals surface area contributed by atoms with Gasteiger partial charge in [-0.25, -0.2) is 0 Å². The van der Waals surface area contributed by atoms with E-state index in [1.54, 1.807) is 0 Å². The minimum absolute atomic E-state index is 0.648. The first-order valence-corrected chi connectivity index (χ1v) is 4.81. The molecule has 1 aromatic rings. The molecule has 1 aromatic heterocycles. The largest absolute Gasteiger partial charge is 0.255 e. The zero-order chi connectivity index (χ0) is 10.0. The normalized spacial score (nSPS) is 10.9. The predicted molar refractivity (Wildman–Crippen MR) is 54.8 cm³/mol. The Balaban J connectivity index is 3.01. The van der Waals surface area contributed by atoms with Crippen molar-refractivity contribution in [3.05, 3.63) is 22.8 Å². The van der Waals surface area contributed by atoms with E-state index in [0.717, 1.165) is 29.2 Å². The van der Waals surface area contributed by atoms with E-state index in [2.05, 4.69) is 23.8 Å². The fraction of sp³-hybridized carbons (Fsp3) is 0.636. The lowest BCUT2D eigenvalue weighted by molar-refractivity contribution is 0.626. The maximum absolute atomic E-state index is 4.55. The van der Waals surface area contributed by atoms with Gasteiger partial charge in [-0.05, 0) is 33.1 Å². The molecule has 0 atom stereocenters. The van der Waals surface area contributed by atoms with Crippen LogP contribution in [0.4, 0.5) is 0 Å². The Morgan fingerprint density at radius 1 is 0.923 bits per heavy atom. The Morgan fingerprint density at radius 2 is 1.46 bits per heavy atom. The molecule has 0 aliphatic heterocycles. The average Bonchev–Trinajstić information content (AvgIpc) is 1.99. The molecule has 0 fully saturated rings. The van der Waals surface area contributed by atoms with Crippen molar-refractivity contribution in [2.24, 2.45) is 5.92 Å². The van der Waals surface area contributed by atoms with Crippen LogP contribution in [0.15, 0.2) is 0 Å². The van der Waals surface area contributed by atoms with Gasteiger partial charge in [0.25, 0.3) is 0 Å². The SMILES string of the molecule is Cc1nc(C)c(CC(C)C)nc1C. The standard InChI is InChI=1S/C11H18N2/c1-7(2)6-11-10(5)12-8(3)9(4)13-11/h7H,6H2,1-5H3. The molecular weight excluding hydrogens is 160 g/mol. The van der Waals surface area contributed by atoms with Crippen LogP contribution in [0.5, 0.6) is 0 Å². The van der Waals surface area contributed by atoms with Crippen LogP contribution in [0.1, 0.15) is 36.6 Å². The van der Waals surface area contributed by atoms with E-state index < -0.39 is 0 Å². The maximum Gasteiger partial charge on any atom is 0.0621 e. The highest BCUT2D eigenvalue weighted by Crippen LogP contribution is 2.11. The van der Waals surface area contributed by atoms with Gasteiger partial charge in [0.15, 0.2) is 0 Å². The Kier molecular flexibility index (Phi) is 3.02. The Bertz CT molecular complexity index is 303. The molecule has 0 aromatic carbocycles. The molecule has 2 heteroatoms. The number of aromatic nitrogens is 2. The second kappa shape index (κ2) is 3.86. The summed E-state index contributed by atoms with van der Waals surface area (Å²) in [7, 11) is 0. The third-order valence-electron chi connectivity index (χ3n) is 2.18. The summed E-state index contributed by atoms with van der Waals surface area (Å²) in [4.78, 5) is 9.01. The first-order chi connectivity index (χ1) is 6.00. The molecule has 0 bridgehead atoms. The Labute approximate surface area is 80.4 Å². The summed E-state index contributed by atoms with van der Waals surface area (Å²) in [5, 5.41) is 0. The molecule has 0 aliphatic carbocycles. The molecular formula is C11H18N2. The third-order valence-corrected chi connectivity index (χ3v) is 2.18. The molecule has 0 unspecified atom stereocenters. The highest BCUT2D eigenvalue weighted by molar-refractivity contribution is 5.18. The molecule has 0 spiro atoms. The van der Waals surface area contributed by atoms with Crippen molar-refractivity contribution in [1.82, 2.24) is 9.97 Å². The molecule has 0 radical (unpaired) electrons. The lowest BCUT2D eigenvalue weighted by Gasteiger charge is -2.09. The first-order valence-electron chi connectivity index (χ1n) is 4.81. The van der Waals surface area contributed by atoms with Gasteiger partial charge in [0.05, 0.1) is 22.8 Å². The van der Waals surface area contributed by atoms with E-state index >= 15 is 0 Å².